The predicted octanol–water partition coefficient (Wildman–Crippen LogP) is 6.02. The van der Waals surface area contributed by atoms with E-state index in [1.165, 1.54) is 6.92 Å². The Morgan fingerprint density at radius 1 is 0.529 bits per heavy atom. The maximum Gasteiger partial charge on any atom is 0.338 e. The fourth-order valence-electron chi connectivity index (χ4n) is 5.34. The van der Waals surface area contributed by atoms with Crippen LogP contribution >= 0.6 is 0 Å². The zero-order valence-corrected chi connectivity index (χ0v) is 28.0. The molecule has 11 nitrogen and oxygen atoms in total. The summed E-state index contributed by atoms with van der Waals surface area (Å²) >= 11 is 0. The summed E-state index contributed by atoms with van der Waals surface area (Å²) in [4.78, 5) is 65.3. The average Bonchev–Trinajstić information content (AvgIpc) is 3.16. The SMILES string of the molecule is CC(=O)CCCCOC1OC(COC(=O)c2ccccc2)C(OC(=O)c2ccccc2)C(OC(=O)c2ccccc2)C1OC(=O)c1ccccc1. The normalized spacial score (nSPS) is 19.7. The number of Topliss-reactive ketones (excluding diaryl/α,β-unsaturated/α-hetero) is 1. The molecule has 5 rings (SSSR count). The van der Waals surface area contributed by atoms with E-state index in [0.29, 0.717) is 19.3 Å². The van der Waals surface area contributed by atoms with E-state index >= 15 is 0 Å². The van der Waals surface area contributed by atoms with E-state index < -0.39 is 61.2 Å². The van der Waals surface area contributed by atoms with Gasteiger partial charge in [-0.1, -0.05) is 72.8 Å². The van der Waals surface area contributed by atoms with Gasteiger partial charge in [-0.15, -0.1) is 0 Å². The number of esters is 4. The Morgan fingerprint density at radius 3 is 1.39 bits per heavy atom. The highest BCUT2D eigenvalue weighted by molar-refractivity contribution is 5.91. The molecule has 0 aliphatic carbocycles. The van der Waals surface area contributed by atoms with Crippen LogP contribution in [0.3, 0.4) is 0 Å². The molecular weight excluding hydrogens is 656 g/mol. The maximum atomic E-state index is 13.6. The molecule has 0 N–H and O–H groups in total. The van der Waals surface area contributed by atoms with Crippen LogP contribution in [0.15, 0.2) is 121 Å². The minimum atomic E-state index is -1.51. The predicted molar refractivity (Wildman–Crippen MR) is 183 cm³/mol. The van der Waals surface area contributed by atoms with Crippen LogP contribution in [-0.2, 0) is 33.2 Å². The van der Waals surface area contributed by atoms with Crippen molar-refractivity contribution >= 4 is 29.7 Å². The van der Waals surface area contributed by atoms with Gasteiger partial charge in [0, 0.05) is 13.0 Å². The Morgan fingerprint density at radius 2 is 0.941 bits per heavy atom. The standard InChI is InChI=1S/C40H38O11/c1-27(41)16-14-15-25-46-40-35(51-39(45)31-23-12-5-13-24-31)34(50-38(44)30-21-10-4-11-22-30)33(49-37(43)29-19-8-3-9-20-29)32(48-40)26-47-36(42)28-17-6-2-7-18-28/h2-13,17-24,32-35,40H,14-16,25-26H2,1H3. The second-order valence-electron chi connectivity index (χ2n) is 11.7. The molecule has 4 aromatic carbocycles. The van der Waals surface area contributed by atoms with Crippen molar-refractivity contribution in [1.82, 2.24) is 0 Å². The third-order valence-electron chi connectivity index (χ3n) is 7.94. The van der Waals surface area contributed by atoms with Gasteiger partial charge in [0.15, 0.2) is 24.6 Å². The topological polar surface area (TPSA) is 141 Å². The number of rotatable bonds is 15. The molecule has 1 aliphatic rings. The largest absolute Gasteiger partial charge is 0.459 e. The zero-order valence-electron chi connectivity index (χ0n) is 28.0. The van der Waals surface area contributed by atoms with Gasteiger partial charge < -0.3 is 33.2 Å². The molecule has 1 aliphatic heterocycles. The first-order chi connectivity index (χ1) is 24.8. The van der Waals surface area contributed by atoms with Crippen LogP contribution in [0, 0.1) is 0 Å². The summed E-state index contributed by atoms with van der Waals surface area (Å²) in [5.74, 6) is -3.03. The molecule has 0 bridgehead atoms. The fourth-order valence-corrected chi connectivity index (χ4v) is 5.34. The van der Waals surface area contributed by atoms with Crippen molar-refractivity contribution in [2.24, 2.45) is 0 Å². The van der Waals surface area contributed by atoms with Crippen molar-refractivity contribution in [3.8, 4) is 0 Å². The number of carbonyl (C=O) groups is 5. The van der Waals surface area contributed by atoms with E-state index in [1.54, 1.807) is 121 Å². The van der Waals surface area contributed by atoms with Crippen LogP contribution in [-0.4, -0.2) is 73.6 Å². The fraction of sp³-hybridized carbons (Fsp3) is 0.275. The number of unbranched alkanes of at least 4 members (excludes halogenated alkanes) is 1. The van der Waals surface area contributed by atoms with Gasteiger partial charge in [0.1, 0.15) is 18.5 Å². The van der Waals surface area contributed by atoms with E-state index in [-0.39, 0.29) is 34.6 Å². The zero-order chi connectivity index (χ0) is 36.0. The minimum Gasteiger partial charge on any atom is -0.459 e. The highest BCUT2D eigenvalue weighted by atomic mass is 16.7. The molecule has 0 spiro atoms. The monoisotopic (exact) mass is 694 g/mol. The molecule has 5 unspecified atom stereocenters. The van der Waals surface area contributed by atoms with Crippen molar-refractivity contribution in [3.63, 3.8) is 0 Å². The van der Waals surface area contributed by atoms with E-state index in [2.05, 4.69) is 0 Å². The molecule has 0 radical (unpaired) electrons. The number of hydrogen-bond donors (Lipinski definition) is 0. The van der Waals surface area contributed by atoms with E-state index in [1.807, 2.05) is 0 Å². The molecule has 1 fully saturated rings. The summed E-state index contributed by atoms with van der Waals surface area (Å²) in [6.45, 7) is 1.11. The second-order valence-corrected chi connectivity index (χ2v) is 11.7. The van der Waals surface area contributed by atoms with Crippen LogP contribution in [0.4, 0.5) is 0 Å². The minimum absolute atomic E-state index is 0.0230. The van der Waals surface area contributed by atoms with E-state index in [4.69, 9.17) is 28.4 Å². The Labute approximate surface area is 295 Å². The summed E-state index contributed by atoms with van der Waals surface area (Å²) in [5, 5.41) is 0. The van der Waals surface area contributed by atoms with Gasteiger partial charge in [-0.2, -0.15) is 0 Å². The molecule has 4 aromatic rings. The van der Waals surface area contributed by atoms with Gasteiger partial charge in [0.2, 0.25) is 0 Å². The van der Waals surface area contributed by atoms with Gasteiger partial charge >= 0.3 is 23.9 Å². The highest BCUT2D eigenvalue weighted by Crippen LogP contribution is 2.32. The van der Waals surface area contributed by atoms with Gasteiger partial charge in [-0.05, 0) is 68.3 Å². The van der Waals surface area contributed by atoms with E-state index in [9.17, 15) is 24.0 Å². The van der Waals surface area contributed by atoms with E-state index in [0.717, 1.165) is 0 Å². The molecule has 51 heavy (non-hydrogen) atoms. The third kappa shape index (κ3) is 10.4. The lowest BCUT2D eigenvalue weighted by Gasteiger charge is -2.44. The number of ketones is 1. The summed E-state index contributed by atoms with van der Waals surface area (Å²) in [5.41, 5.74) is 0.833. The van der Waals surface area contributed by atoms with Crippen LogP contribution in [0.5, 0.6) is 0 Å². The molecule has 1 heterocycles. The maximum absolute atomic E-state index is 13.6. The molecule has 0 amide bonds. The summed E-state index contributed by atoms with van der Waals surface area (Å²) in [7, 11) is 0. The molecule has 5 atom stereocenters. The first-order valence-electron chi connectivity index (χ1n) is 16.6. The van der Waals surface area contributed by atoms with Crippen molar-refractivity contribution in [1.29, 1.82) is 0 Å². The van der Waals surface area contributed by atoms with Gasteiger partial charge in [0.05, 0.1) is 22.3 Å². The first-order valence-corrected chi connectivity index (χ1v) is 16.6. The number of carbonyl (C=O) groups excluding carboxylic acids is 5. The van der Waals surface area contributed by atoms with Gasteiger partial charge in [-0.3, -0.25) is 0 Å². The lowest BCUT2D eigenvalue weighted by atomic mass is 9.97. The first kappa shape index (κ1) is 36.6. The molecule has 0 saturated carbocycles. The van der Waals surface area contributed by atoms with Crippen molar-refractivity contribution in [2.75, 3.05) is 13.2 Å². The number of ether oxygens (including phenoxy) is 6. The third-order valence-corrected chi connectivity index (χ3v) is 7.94. The van der Waals surface area contributed by atoms with Crippen molar-refractivity contribution in [3.05, 3.63) is 144 Å². The van der Waals surface area contributed by atoms with Crippen LogP contribution in [0.2, 0.25) is 0 Å². The molecule has 0 aromatic heterocycles. The Kier molecular flexibility index (Phi) is 13.2. The number of hydrogen-bond acceptors (Lipinski definition) is 11. The molecule has 1 saturated heterocycles. The molecular formula is C40H38O11. The summed E-state index contributed by atoms with van der Waals surface area (Å²) in [6.07, 6.45) is -5.74. The molecule has 11 heteroatoms. The smallest absolute Gasteiger partial charge is 0.338 e. The second kappa shape index (κ2) is 18.4. The quantitative estimate of drug-likeness (QED) is 0.0820. The highest BCUT2D eigenvalue weighted by Gasteiger charge is 2.53. The average molecular weight is 695 g/mol. The Hall–Kier alpha value is -5.65. The van der Waals surface area contributed by atoms with Gasteiger partial charge in [0.25, 0.3) is 0 Å². The van der Waals surface area contributed by atoms with Crippen LogP contribution in [0.1, 0.15) is 67.6 Å². The van der Waals surface area contributed by atoms with Crippen LogP contribution < -0.4 is 0 Å². The van der Waals surface area contributed by atoms with Gasteiger partial charge in [-0.25, -0.2) is 19.2 Å². The summed E-state index contributed by atoms with van der Waals surface area (Å²) < 4.78 is 36.1. The number of benzene rings is 4. The lowest BCUT2D eigenvalue weighted by molar-refractivity contribution is -0.298. The van der Waals surface area contributed by atoms with Crippen LogP contribution in [0.25, 0.3) is 0 Å². The Bertz CT molecular complexity index is 1750. The molecule has 264 valence electrons. The Balaban J connectivity index is 1.52. The lowest BCUT2D eigenvalue weighted by Crippen LogP contribution is -2.63. The summed E-state index contributed by atoms with van der Waals surface area (Å²) in [6, 6.07) is 32.7. The van der Waals surface area contributed by atoms with Crippen molar-refractivity contribution in [2.45, 2.75) is 56.9 Å². The van der Waals surface area contributed by atoms with Crippen molar-refractivity contribution < 1.29 is 52.4 Å².